The van der Waals surface area contributed by atoms with E-state index in [0.29, 0.717) is 6.61 Å². The summed E-state index contributed by atoms with van der Waals surface area (Å²) in [5.41, 5.74) is 0. The third kappa shape index (κ3) is 3.74. The van der Waals surface area contributed by atoms with E-state index in [9.17, 15) is 0 Å². The molecule has 1 aliphatic heterocycles. The molecule has 1 heterocycles. The molecule has 0 unspecified atom stereocenters. The number of aliphatic hydroxyl groups excluding tert-OH is 1. The van der Waals surface area contributed by atoms with E-state index in [1.165, 1.54) is 64.6 Å². The maximum absolute atomic E-state index is 8.99. The topological polar surface area (TPSA) is 23.5 Å². The van der Waals surface area contributed by atoms with Crippen LogP contribution in [-0.2, 0) is 0 Å². The summed E-state index contributed by atoms with van der Waals surface area (Å²) in [6.07, 6.45) is 11.0. The van der Waals surface area contributed by atoms with Gasteiger partial charge in [-0.2, -0.15) is 0 Å². The molecular formula is C14H27NO. The molecule has 1 saturated carbocycles. The molecule has 2 heteroatoms. The van der Waals surface area contributed by atoms with Gasteiger partial charge < -0.3 is 10.0 Å². The molecule has 0 amide bonds. The van der Waals surface area contributed by atoms with Crippen LogP contribution in [0.5, 0.6) is 0 Å². The van der Waals surface area contributed by atoms with Gasteiger partial charge >= 0.3 is 0 Å². The van der Waals surface area contributed by atoms with Gasteiger partial charge in [-0.05, 0) is 50.6 Å². The molecule has 0 bridgehead atoms. The number of piperidine rings is 1. The van der Waals surface area contributed by atoms with Crippen molar-refractivity contribution in [2.45, 2.75) is 51.4 Å². The zero-order valence-corrected chi connectivity index (χ0v) is 10.5. The van der Waals surface area contributed by atoms with Crippen LogP contribution in [-0.4, -0.2) is 36.2 Å². The summed E-state index contributed by atoms with van der Waals surface area (Å²) in [6, 6.07) is 0. The van der Waals surface area contributed by atoms with E-state index in [2.05, 4.69) is 4.90 Å². The van der Waals surface area contributed by atoms with E-state index in [1.54, 1.807) is 0 Å². The summed E-state index contributed by atoms with van der Waals surface area (Å²) in [5, 5.41) is 8.99. The molecule has 94 valence electrons. The van der Waals surface area contributed by atoms with Gasteiger partial charge in [-0.15, -0.1) is 0 Å². The smallest absolute Gasteiger partial charge is 0.0434 e. The maximum atomic E-state index is 8.99. The maximum Gasteiger partial charge on any atom is 0.0434 e. The number of aliphatic hydroxyl groups is 1. The standard InChI is InChI=1S/C14H27NO/c16-11-8-14-6-3-9-15(12-14)10-7-13-4-1-2-5-13/h13-14,16H,1-12H2/t14-/m0/s1. The van der Waals surface area contributed by atoms with Gasteiger partial charge in [0.15, 0.2) is 0 Å². The third-order valence-electron chi connectivity index (χ3n) is 4.47. The molecular weight excluding hydrogens is 198 g/mol. The lowest BCUT2D eigenvalue weighted by molar-refractivity contribution is 0.141. The first-order chi connectivity index (χ1) is 7.88. The number of hydrogen-bond donors (Lipinski definition) is 1. The van der Waals surface area contributed by atoms with Crippen LogP contribution in [0.4, 0.5) is 0 Å². The molecule has 16 heavy (non-hydrogen) atoms. The Bertz CT molecular complexity index is 187. The lowest BCUT2D eigenvalue weighted by atomic mass is 9.94. The highest BCUT2D eigenvalue weighted by Gasteiger charge is 2.21. The molecule has 0 radical (unpaired) electrons. The van der Waals surface area contributed by atoms with Gasteiger partial charge in [0.05, 0.1) is 0 Å². The number of nitrogens with zero attached hydrogens (tertiary/aromatic N) is 1. The van der Waals surface area contributed by atoms with Crippen molar-refractivity contribution in [2.75, 3.05) is 26.2 Å². The molecule has 0 spiro atoms. The van der Waals surface area contributed by atoms with Crippen LogP contribution in [0, 0.1) is 11.8 Å². The Hall–Kier alpha value is -0.0800. The molecule has 0 aromatic carbocycles. The molecule has 1 N–H and O–H groups in total. The summed E-state index contributed by atoms with van der Waals surface area (Å²) in [5.74, 6) is 1.79. The summed E-state index contributed by atoms with van der Waals surface area (Å²) in [7, 11) is 0. The quantitative estimate of drug-likeness (QED) is 0.777. The van der Waals surface area contributed by atoms with Crippen molar-refractivity contribution in [2.24, 2.45) is 11.8 Å². The zero-order chi connectivity index (χ0) is 11.2. The van der Waals surface area contributed by atoms with Gasteiger partial charge in [0.2, 0.25) is 0 Å². The highest BCUT2D eigenvalue weighted by atomic mass is 16.3. The Morgan fingerprint density at radius 3 is 2.44 bits per heavy atom. The van der Waals surface area contributed by atoms with E-state index < -0.39 is 0 Å². The second-order valence-corrected chi connectivity index (χ2v) is 5.76. The fraction of sp³-hybridized carbons (Fsp3) is 1.00. The minimum atomic E-state index is 0.376. The summed E-state index contributed by atoms with van der Waals surface area (Å²) in [4.78, 5) is 2.64. The van der Waals surface area contributed by atoms with Crippen molar-refractivity contribution in [1.29, 1.82) is 0 Å². The van der Waals surface area contributed by atoms with Crippen molar-refractivity contribution >= 4 is 0 Å². The van der Waals surface area contributed by atoms with E-state index in [1.807, 2.05) is 0 Å². The molecule has 0 aromatic heterocycles. The van der Waals surface area contributed by atoms with Crippen LogP contribution in [0.25, 0.3) is 0 Å². The third-order valence-corrected chi connectivity index (χ3v) is 4.47. The average Bonchev–Trinajstić information content (AvgIpc) is 2.80. The second kappa shape index (κ2) is 6.61. The lowest BCUT2D eigenvalue weighted by Gasteiger charge is -2.33. The van der Waals surface area contributed by atoms with Crippen LogP contribution in [0.1, 0.15) is 51.4 Å². The fourth-order valence-electron chi connectivity index (χ4n) is 3.44. The van der Waals surface area contributed by atoms with Crippen LogP contribution in [0.3, 0.4) is 0 Å². The lowest BCUT2D eigenvalue weighted by Crippen LogP contribution is -2.36. The number of likely N-dealkylation sites (tertiary alicyclic amines) is 1. The van der Waals surface area contributed by atoms with Crippen LogP contribution >= 0.6 is 0 Å². The molecule has 1 saturated heterocycles. The predicted molar refractivity (Wildman–Crippen MR) is 67.4 cm³/mol. The first-order valence-corrected chi connectivity index (χ1v) is 7.21. The molecule has 2 nitrogen and oxygen atoms in total. The molecule has 1 aliphatic carbocycles. The molecule has 2 fully saturated rings. The molecule has 2 aliphatic rings. The molecule has 2 rings (SSSR count). The first-order valence-electron chi connectivity index (χ1n) is 7.21. The van der Waals surface area contributed by atoms with Crippen LogP contribution in [0.15, 0.2) is 0 Å². The fourth-order valence-corrected chi connectivity index (χ4v) is 3.44. The monoisotopic (exact) mass is 225 g/mol. The van der Waals surface area contributed by atoms with Gasteiger partial charge in [0.1, 0.15) is 0 Å². The van der Waals surface area contributed by atoms with E-state index in [-0.39, 0.29) is 0 Å². The summed E-state index contributed by atoms with van der Waals surface area (Å²) in [6.45, 7) is 4.23. The highest BCUT2D eigenvalue weighted by Crippen LogP contribution is 2.28. The first kappa shape index (κ1) is 12.4. The van der Waals surface area contributed by atoms with Crippen molar-refractivity contribution in [3.05, 3.63) is 0 Å². The summed E-state index contributed by atoms with van der Waals surface area (Å²) >= 11 is 0. The Morgan fingerprint density at radius 2 is 1.69 bits per heavy atom. The van der Waals surface area contributed by atoms with E-state index in [4.69, 9.17) is 5.11 Å². The summed E-state index contributed by atoms with van der Waals surface area (Å²) < 4.78 is 0. The Morgan fingerprint density at radius 1 is 0.938 bits per heavy atom. The minimum absolute atomic E-state index is 0.376. The predicted octanol–water partition coefficient (Wildman–Crippen LogP) is 2.66. The van der Waals surface area contributed by atoms with Crippen molar-refractivity contribution in [1.82, 2.24) is 4.90 Å². The molecule has 0 aromatic rings. The van der Waals surface area contributed by atoms with Gasteiger partial charge in [-0.3, -0.25) is 0 Å². The van der Waals surface area contributed by atoms with E-state index >= 15 is 0 Å². The van der Waals surface area contributed by atoms with Gasteiger partial charge in [-0.1, -0.05) is 25.7 Å². The number of rotatable bonds is 5. The Kier molecular flexibility index (Phi) is 5.11. The highest BCUT2D eigenvalue weighted by molar-refractivity contribution is 4.75. The van der Waals surface area contributed by atoms with Crippen molar-refractivity contribution in [3.8, 4) is 0 Å². The van der Waals surface area contributed by atoms with Gasteiger partial charge in [0.25, 0.3) is 0 Å². The zero-order valence-electron chi connectivity index (χ0n) is 10.5. The SMILES string of the molecule is OCC[C@@H]1CCCN(CCC2CCCC2)C1. The average molecular weight is 225 g/mol. The van der Waals surface area contributed by atoms with Crippen molar-refractivity contribution in [3.63, 3.8) is 0 Å². The van der Waals surface area contributed by atoms with E-state index in [0.717, 1.165) is 18.3 Å². The van der Waals surface area contributed by atoms with Gasteiger partial charge in [-0.25, -0.2) is 0 Å². The normalized spacial score (nSPS) is 28.7. The van der Waals surface area contributed by atoms with Crippen LogP contribution in [0.2, 0.25) is 0 Å². The minimum Gasteiger partial charge on any atom is -0.396 e. The number of hydrogen-bond acceptors (Lipinski definition) is 2. The van der Waals surface area contributed by atoms with Crippen LogP contribution < -0.4 is 0 Å². The van der Waals surface area contributed by atoms with Crippen molar-refractivity contribution < 1.29 is 5.11 Å². The Balaban J connectivity index is 1.64. The Labute approximate surface area is 100 Å². The largest absolute Gasteiger partial charge is 0.396 e. The molecule has 1 atom stereocenters. The second-order valence-electron chi connectivity index (χ2n) is 5.76. The van der Waals surface area contributed by atoms with Gasteiger partial charge in [0, 0.05) is 13.2 Å².